The number of nitrogens with zero attached hydrogens (tertiary/aromatic N) is 1. The average Bonchev–Trinajstić information content (AvgIpc) is 2.68. The number of ketones is 1. The molecule has 0 saturated carbocycles. The first-order chi connectivity index (χ1) is 10.2. The number of aliphatic hydroxyl groups is 1. The lowest BCUT2D eigenvalue weighted by Crippen LogP contribution is -2.42. The number of halogens is 1. The van der Waals surface area contributed by atoms with Gasteiger partial charge in [-0.3, -0.25) is 9.59 Å². The second-order valence-electron chi connectivity index (χ2n) is 6.44. The van der Waals surface area contributed by atoms with Crippen LogP contribution in [0.3, 0.4) is 0 Å². The van der Waals surface area contributed by atoms with Gasteiger partial charge in [0, 0.05) is 19.1 Å². The number of hydrogen-bond acceptors (Lipinski definition) is 5. The number of benzene rings is 1. The number of para-hydroxylation sites is 1. The third kappa shape index (κ3) is 4.43. The fourth-order valence-electron chi connectivity index (χ4n) is 2.21. The van der Waals surface area contributed by atoms with E-state index in [4.69, 9.17) is 4.74 Å². The Bertz CT molecular complexity index is 598. The number of carbonyl (C=O) groups is 2. The third-order valence-electron chi connectivity index (χ3n) is 3.38. The number of nitrogens with one attached hydrogen (secondary N) is 1. The summed E-state index contributed by atoms with van der Waals surface area (Å²) in [5, 5.41) is 13.1. The van der Waals surface area contributed by atoms with Crippen LogP contribution in [0.4, 0.5) is 5.69 Å². The highest BCUT2D eigenvalue weighted by atomic mass is 35.5. The summed E-state index contributed by atoms with van der Waals surface area (Å²) in [6.45, 7) is 6.51. The van der Waals surface area contributed by atoms with Gasteiger partial charge >= 0.3 is 0 Å². The molecule has 1 aromatic rings. The zero-order valence-corrected chi connectivity index (χ0v) is 14.6. The van der Waals surface area contributed by atoms with Crippen LogP contribution in [-0.2, 0) is 4.79 Å². The molecular formula is C16H23ClN2O4. The molecule has 23 heavy (non-hydrogen) atoms. The van der Waals surface area contributed by atoms with E-state index in [0.29, 0.717) is 23.5 Å². The number of hydrogen-bond donors (Lipinski definition) is 2. The van der Waals surface area contributed by atoms with Gasteiger partial charge in [-0.25, -0.2) is 0 Å². The standard InChI is InChI=1S/C16H22N2O4.ClH/c1-16(2,3)17-8-10(19)9-22-12-7-5-6-11-13(12)18(4)15(21)14(11)20;/h5-7,10,17,19H,8-9H2,1-4H3;1H. The molecule has 0 saturated heterocycles. The molecule has 1 atom stereocenters. The maximum atomic E-state index is 11.8. The predicted molar refractivity (Wildman–Crippen MR) is 90.7 cm³/mol. The molecule has 2 rings (SSSR count). The molecule has 1 aliphatic rings. The van der Waals surface area contributed by atoms with Gasteiger partial charge in [0.25, 0.3) is 11.7 Å². The van der Waals surface area contributed by atoms with Gasteiger partial charge in [0.15, 0.2) is 0 Å². The van der Waals surface area contributed by atoms with Crippen molar-refractivity contribution in [2.45, 2.75) is 32.4 Å². The molecule has 0 spiro atoms. The van der Waals surface area contributed by atoms with Crippen LogP contribution in [0.15, 0.2) is 18.2 Å². The predicted octanol–water partition coefficient (Wildman–Crippen LogP) is 1.40. The van der Waals surface area contributed by atoms with Gasteiger partial charge in [0.2, 0.25) is 0 Å². The number of β-amino-alcohol motifs (C(OH)–C–C–N with tert-alkyl or cyclic N) is 1. The number of Topliss-reactive ketones (excluding diaryl/α,β-unsaturated/α-hetero) is 1. The molecule has 0 radical (unpaired) electrons. The summed E-state index contributed by atoms with van der Waals surface area (Å²) in [6, 6.07) is 4.95. The van der Waals surface area contributed by atoms with Gasteiger partial charge in [-0.1, -0.05) is 6.07 Å². The molecule has 1 unspecified atom stereocenters. The minimum Gasteiger partial charge on any atom is -0.489 e. The molecule has 0 fully saturated rings. The van der Waals surface area contributed by atoms with Crippen molar-refractivity contribution in [1.82, 2.24) is 5.32 Å². The Balaban J connectivity index is 0.00000264. The van der Waals surface area contributed by atoms with Crippen molar-refractivity contribution in [2.24, 2.45) is 0 Å². The Morgan fingerprint density at radius 2 is 1.96 bits per heavy atom. The number of amides is 1. The summed E-state index contributed by atoms with van der Waals surface area (Å²) in [7, 11) is 1.54. The molecule has 128 valence electrons. The van der Waals surface area contributed by atoms with Crippen molar-refractivity contribution in [3.05, 3.63) is 23.8 Å². The van der Waals surface area contributed by atoms with E-state index >= 15 is 0 Å². The van der Waals surface area contributed by atoms with E-state index in [1.165, 1.54) is 11.9 Å². The first-order valence-electron chi connectivity index (χ1n) is 7.22. The SMILES string of the molecule is CN1C(=O)C(=O)c2cccc(OCC(O)CNC(C)(C)C)c21.Cl. The molecule has 0 aromatic heterocycles. The summed E-state index contributed by atoms with van der Waals surface area (Å²) < 4.78 is 5.61. The number of likely N-dealkylation sites (N-methyl/N-ethyl adjacent to an activating group) is 1. The molecule has 1 heterocycles. The van der Waals surface area contributed by atoms with E-state index in [1.807, 2.05) is 20.8 Å². The molecule has 6 nitrogen and oxygen atoms in total. The monoisotopic (exact) mass is 342 g/mol. The highest BCUT2D eigenvalue weighted by Gasteiger charge is 2.35. The first-order valence-corrected chi connectivity index (χ1v) is 7.22. The number of aliphatic hydroxyl groups excluding tert-OH is 1. The van der Waals surface area contributed by atoms with E-state index in [1.54, 1.807) is 18.2 Å². The van der Waals surface area contributed by atoms with Gasteiger partial charge < -0.3 is 20.1 Å². The third-order valence-corrected chi connectivity index (χ3v) is 3.38. The molecule has 1 aliphatic heterocycles. The zero-order chi connectivity index (χ0) is 16.5. The molecule has 1 amide bonds. The van der Waals surface area contributed by atoms with Crippen LogP contribution in [0.25, 0.3) is 0 Å². The van der Waals surface area contributed by atoms with E-state index in [-0.39, 0.29) is 24.6 Å². The minimum absolute atomic E-state index is 0. The van der Waals surface area contributed by atoms with Crippen LogP contribution in [-0.4, -0.2) is 48.6 Å². The molecule has 0 bridgehead atoms. The second kappa shape index (κ2) is 7.29. The van der Waals surface area contributed by atoms with Crippen LogP contribution < -0.4 is 15.0 Å². The lowest BCUT2D eigenvalue weighted by atomic mass is 10.1. The van der Waals surface area contributed by atoms with E-state index in [2.05, 4.69) is 5.32 Å². The van der Waals surface area contributed by atoms with Crippen molar-refractivity contribution in [1.29, 1.82) is 0 Å². The zero-order valence-electron chi connectivity index (χ0n) is 13.8. The van der Waals surface area contributed by atoms with Crippen LogP contribution in [0.2, 0.25) is 0 Å². The number of fused-ring (bicyclic) bond motifs is 1. The minimum atomic E-state index is -0.687. The number of rotatable bonds is 5. The van der Waals surface area contributed by atoms with Gasteiger partial charge in [-0.15, -0.1) is 12.4 Å². The summed E-state index contributed by atoms with van der Waals surface area (Å²) in [5.41, 5.74) is 0.717. The number of anilines is 1. The molecule has 2 N–H and O–H groups in total. The Labute approximate surface area is 142 Å². The maximum Gasteiger partial charge on any atom is 0.299 e. The number of carbonyl (C=O) groups excluding carboxylic acids is 2. The first kappa shape index (κ1) is 19.4. The lowest BCUT2D eigenvalue weighted by Gasteiger charge is -2.23. The van der Waals surface area contributed by atoms with Crippen molar-refractivity contribution in [3.63, 3.8) is 0 Å². The molecular weight excluding hydrogens is 320 g/mol. The number of ether oxygens (including phenoxy) is 1. The van der Waals surface area contributed by atoms with Gasteiger partial charge in [0.1, 0.15) is 18.5 Å². The van der Waals surface area contributed by atoms with Crippen molar-refractivity contribution >= 4 is 29.8 Å². The van der Waals surface area contributed by atoms with Crippen LogP contribution in [0, 0.1) is 0 Å². The molecule has 7 heteroatoms. The van der Waals surface area contributed by atoms with Gasteiger partial charge in [-0.05, 0) is 32.9 Å². The molecule has 1 aromatic carbocycles. The van der Waals surface area contributed by atoms with Crippen LogP contribution in [0.5, 0.6) is 5.75 Å². The Kier molecular flexibility index (Phi) is 6.16. The Hall–Kier alpha value is -1.63. The van der Waals surface area contributed by atoms with Gasteiger partial charge in [-0.2, -0.15) is 0 Å². The van der Waals surface area contributed by atoms with E-state index in [0.717, 1.165) is 0 Å². The quantitative estimate of drug-likeness (QED) is 0.791. The Morgan fingerprint density at radius 3 is 2.57 bits per heavy atom. The van der Waals surface area contributed by atoms with E-state index < -0.39 is 17.8 Å². The van der Waals surface area contributed by atoms with Crippen LogP contribution >= 0.6 is 12.4 Å². The average molecular weight is 343 g/mol. The summed E-state index contributed by atoms with van der Waals surface area (Å²) in [4.78, 5) is 24.8. The fourth-order valence-corrected chi connectivity index (χ4v) is 2.21. The van der Waals surface area contributed by atoms with E-state index in [9.17, 15) is 14.7 Å². The van der Waals surface area contributed by atoms with Crippen molar-refractivity contribution in [3.8, 4) is 5.75 Å². The summed E-state index contributed by atoms with van der Waals surface area (Å²) in [5.74, 6) is -0.673. The summed E-state index contributed by atoms with van der Waals surface area (Å²) >= 11 is 0. The summed E-state index contributed by atoms with van der Waals surface area (Å²) in [6.07, 6.45) is -0.687. The fraction of sp³-hybridized carbons (Fsp3) is 0.500. The van der Waals surface area contributed by atoms with Gasteiger partial charge in [0.05, 0.1) is 11.3 Å². The highest BCUT2D eigenvalue weighted by molar-refractivity contribution is 6.52. The molecule has 0 aliphatic carbocycles. The lowest BCUT2D eigenvalue weighted by molar-refractivity contribution is -0.114. The second-order valence-corrected chi connectivity index (χ2v) is 6.44. The largest absolute Gasteiger partial charge is 0.489 e. The smallest absolute Gasteiger partial charge is 0.299 e. The van der Waals surface area contributed by atoms with Crippen molar-refractivity contribution in [2.75, 3.05) is 25.1 Å². The Morgan fingerprint density at radius 1 is 1.30 bits per heavy atom. The highest BCUT2D eigenvalue weighted by Crippen LogP contribution is 2.36. The van der Waals surface area contributed by atoms with Crippen LogP contribution in [0.1, 0.15) is 31.1 Å². The maximum absolute atomic E-state index is 11.8. The topological polar surface area (TPSA) is 78.9 Å². The van der Waals surface area contributed by atoms with Crippen molar-refractivity contribution < 1.29 is 19.4 Å². The normalized spacial score (nSPS) is 15.3.